The van der Waals surface area contributed by atoms with E-state index in [-0.39, 0.29) is 0 Å². The molecule has 2 aromatic rings. The smallest absolute Gasteiger partial charge is 0.146 e. The van der Waals surface area contributed by atoms with Gasteiger partial charge in [-0.2, -0.15) is 0 Å². The predicted molar refractivity (Wildman–Crippen MR) is 127 cm³/mol. The number of allylic oxidation sites excluding steroid dienone is 1. The van der Waals surface area contributed by atoms with Crippen molar-refractivity contribution in [1.82, 2.24) is 9.97 Å². The van der Waals surface area contributed by atoms with Gasteiger partial charge in [0, 0.05) is 23.7 Å². The van der Waals surface area contributed by atoms with Crippen LogP contribution in [0.3, 0.4) is 0 Å². The van der Waals surface area contributed by atoms with Gasteiger partial charge in [0.05, 0.1) is 18.5 Å². The number of unbranched alkanes of at least 4 members (excludes halogenated alkanes) is 6. The van der Waals surface area contributed by atoms with Gasteiger partial charge < -0.3 is 14.7 Å². The lowest BCUT2D eigenvalue weighted by atomic mass is 10.0. The van der Waals surface area contributed by atoms with Crippen molar-refractivity contribution >= 4 is 11.8 Å². The monoisotopic (exact) mass is 407 g/mol. The van der Waals surface area contributed by atoms with E-state index >= 15 is 0 Å². The van der Waals surface area contributed by atoms with Gasteiger partial charge in [-0.15, -0.1) is 0 Å². The highest BCUT2D eigenvalue weighted by atomic mass is 16.5. The number of aryl methyl sites for hydroxylation is 2. The fourth-order valence-corrected chi connectivity index (χ4v) is 3.98. The molecule has 0 fully saturated rings. The van der Waals surface area contributed by atoms with E-state index in [1.807, 2.05) is 24.4 Å². The fourth-order valence-electron chi connectivity index (χ4n) is 3.98. The lowest BCUT2D eigenvalue weighted by Crippen LogP contribution is -1.93. The molecule has 0 spiro atoms. The molecule has 0 unspecified atom stereocenters. The van der Waals surface area contributed by atoms with Crippen molar-refractivity contribution in [3.63, 3.8) is 0 Å². The average molecular weight is 408 g/mol. The van der Waals surface area contributed by atoms with Crippen LogP contribution in [0.15, 0.2) is 46.9 Å². The van der Waals surface area contributed by atoms with Crippen molar-refractivity contribution in [2.75, 3.05) is 7.11 Å². The number of aliphatic imine (C=N–C) groups is 1. The van der Waals surface area contributed by atoms with E-state index in [9.17, 15) is 0 Å². The molecule has 2 aromatic heterocycles. The Morgan fingerprint density at radius 2 is 1.77 bits per heavy atom. The van der Waals surface area contributed by atoms with Crippen molar-refractivity contribution < 1.29 is 4.74 Å². The Balaban J connectivity index is 1.80. The summed E-state index contributed by atoms with van der Waals surface area (Å²) in [6.45, 7) is 4.52. The minimum Gasteiger partial charge on any atom is -0.494 e. The van der Waals surface area contributed by atoms with Gasteiger partial charge in [0.25, 0.3) is 0 Å². The molecular formula is C26H37N3O. The van der Waals surface area contributed by atoms with Gasteiger partial charge >= 0.3 is 0 Å². The molecule has 0 saturated heterocycles. The normalized spacial score (nSPS) is 15.0. The van der Waals surface area contributed by atoms with Crippen LogP contribution in [-0.4, -0.2) is 22.8 Å². The van der Waals surface area contributed by atoms with Crippen LogP contribution in [-0.2, 0) is 17.6 Å². The molecule has 0 atom stereocenters. The summed E-state index contributed by atoms with van der Waals surface area (Å²) in [5, 5.41) is 0. The van der Waals surface area contributed by atoms with E-state index < -0.39 is 0 Å². The number of hydrogen-bond acceptors (Lipinski definition) is 2. The number of H-pyrrole nitrogens is 2. The van der Waals surface area contributed by atoms with E-state index in [1.54, 1.807) is 7.11 Å². The summed E-state index contributed by atoms with van der Waals surface area (Å²) in [6.07, 6.45) is 18.6. The SMILES string of the molecule is CCCCCCc1cc(CCCCCC)c(/C=C2\N=C(c3ccc[nH]3)C=C2OC)[nH]1. The summed E-state index contributed by atoms with van der Waals surface area (Å²) in [6, 6.07) is 6.41. The summed E-state index contributed by atoms with van der Waals surface area (Å²) in [5.41, 5.74) is 6.75. The summed E-state index contributed by atoms with van der Waals surface area (Å²) in [7, 11) is 1.71. The average Bonchev–Trinajstić information content (AvgIpc) is 3.49. The number of aromatic nitrogens is 2. The van der Waals surface area contributed by atoms with Gasteiger partial charge in [-0.3, -0.25) is 0 Å². The Labute approximate surface area is 181 Å². The number of nitrogens with one attached hydrogen (secondary N) is 2. The third kappa shape index (κ3) is 6.01. The third-order valence-corrected chi connectivity index (χ3v) is 5.73. The zero-order valence-electron chi connectivity index (χ0n) is 18.9. The maximum absolute atomic E-state index is 5.63. The van der Waals surface area contributed by atoms with Crippen molar-refractivity contribution in [3.8, 4) is 0 Å². The van der Waals surface area contributed by atoms with Gasteiger partial charge in [0.2, 0.25) is 0 Å². The van der Waals surface area contributed by atoms with Crippen molar-refractivity contribution in [3.05, 3.63) is 64.6 Å². The first-order valence-electron chi connectivity index (χ1n) is 11.7. The molecule has 30 heavy (non-hydrogen) atoms. The zero-order chi connectivity index (χ0) is 21.2. The number of rotatable bonds is 13. The van der Waals surface area contributed by atoms with Crippen LogP contribution in [0, 0.1) is 0 Å². The van der Waals surface area contributed by atoms with Crippen LogP contribution in [0.25, 0.3) is 6.08 Å². The van der Waals surface area contributed by atoms with Gasteiger partial charge in [0.15, 0.2) is 0 Å². The second-order valence-corrected chi connectivity index (χ2v) is 8.18. The number of methoxy groups -OCH3 is 1. The molecule has 0 radical (unpaired) electrons. The largest absolute Gasteiger partial charge is 0.494 e. The number of ether oxygens (including phenoxy) is 1. The molecule has 0 amide bonds. The Bertz CT molecular complexity index is 868. The van der Waals surface area contributed by atoms with Gasteiger partial charge in [-0.05, 0) is 55.5 Å². The van der Waals surface area contributed by atoms with Crippen LogP contribution in [0.2, 0.25) is 0 Å². The molecule has 4 heteroatoms. The molecule has 1 aliphatic heterocycles. The van der Waals surface area contributed by atoms with Gasteiger partial charge in [0.1, 0.15) is 11.5 Å². The highest BCUT2D eigenvalue weighted by Crippen LogP contribution is 2.27. The topological polar surface area (TPSA) is 53.2 Å². The first-order valence-corrected chi connectivity index (χ1v) is 11.7. The molecule has 3 heterocycles. The van der Waals surface area contributed by atoms with Crippen molar-refractivity contribution in [2.45, 2.75) is 78.1 Å². The van der Waals surface area contributed by atoms with Crippen LogP contribution in [0.5, 0.6) is 0 Å². The first-order chi connectivity index (χ1) is 14.7. The third-order valence-electron chi connectivity index (χ3n) is 5.73. The Hall–Kier alpha value is -2.49. The summed E-state index contributed by atoms with van der Waals surface area (Å²) in [4.78, 5) is 11.7. The van der Waals surface area contributed by atoms with Crippen molar-refractivity contribution in [1.29, 1.82) is 0 Å². The molecule has 1 aliphatic rings. The van der Waals surface area contributed by atoms with E-state index in [0.29, 0.717) is 0 Å². The molecule has 0 aliphatic carbocycles. The van der Waals surface area contributed by atoms with Crippen LogP contribution >= 0.6 is 0 Å². The second kappa shape index (κ2) is 11.6. The Morgan fingerprint density at radius 3 is 2.43 bits per heavy atom. The molecule has 0 aromatic carbocycles. The summed E-state index contributed by atoms with van der Waals surface area (Å²) in [5.74, 6) is 0.815. The highest BCUT2D eigenvalue weighted by Gasteiger charge is 2.18. The fraction of sp³-hybridized carbons (Fsp3) is 0.500. The first kappa shape index (κ1) is 22.2. The molecule has 2 N–H and O–H groups in total. The summed E-state index contributed by atoms with van der Waals surface area (Å²) < 4.78 is 5.63. The van der Waals surface area contributed by atoms with E-state index in [0.717, 1.165) is 35.7 Å². The van der Waals surface area contributed by atoms with Crippen LogP contribution < -0.4 is 0 Å². The lowest BCUT2D eigenvalue weighted by Gasteiger charge is -2.04. The second-order valence-electron chi connectivity index (χ2n) is 8.18. The minimum atomic E-state index is 0.815. The van der Waals surface area contributed by atoms with Crippen molar-refractivity contribution in [2.24, 2.45) is 4.99 Å². The van der Waals surface area contributed by atoms with E-state index in [2.05, 4.69) is 36.0 Å². The van der Waals surface area contributed by atoms with Crippen LogP contribution in [0.1, 0.15) is 87.9 Å². The maximum Gasteiger partial charge on any atom is 0.146 e. The number of aromatic amines is 2. The van der Waals surface area contributed by atoms with Crippen LogP contribution in [0.4, 0.5) is 0 Å². The lowest BCUT2D eigenvalue weighted by molar-refractivity contribution is 0.303. The Morgan fingerprint density at radius 1 is 1.00 bits per heavy atom. The quantitative estimate of drug-likeness (QED) is 0.346. The highest BCUT2D eigenvalue weighted by molar-refractivity contribution is 6.11. The molecule has 4 nitrogen and oxygen atoms in total. The molecule has 3 rings (SSSR count). The summed E-state index contributed by atoms with van der Waals surface area (Å²) >= 11 is 0. The van der Waals surface area contributed by atoms with E-state index in [4.69, 9.17) is 9.73 Å². The minimum absolute atomic E-state index is 0.815. The predicted octanol–water partition coefficient (Wildman–Crippen LogP) is 6.96. The zero-order valence-corrected chi connectivity index (χ0v) is 18.9. The van der Waals surface area contributed by atoms with E-state index in [1.165, 1.54) is 68.3 Å². The molecule has 0 bridgehead atoms. The van der Waals surface area contributed by atoms with Gasteiger partial charge in [-0.1, -0.05) is 52.4 Å². The van der Waals surface area contributed by atoms with Gasteiger partial charge in [-0.25, -0.2) is 4.99 Å². The number of hydrogen-bond donors (Lipinski definition) is 2. The maximum atomic E-state index is 5.63. The molecular weight excluding hydrogens is 370 g/mol. The Kier molecular flexibility index (Phi) is 8.61. The standard InChI is InChI=1S/C26H37N3O/c1-4-6-8-10-13-20-17-21(14-11-9-7-5-2)28-23(20)18-25-26(30-3)19-24(29-25)22-15-12-16-27-22/h12,15-19,27-28H,4-11,13-14H2,1-3H3/b25-18-. The molecule has 162 valence electrons. The molecule has 0 saturated carbocycles. The number of nitrogens with zero attached hydrogens (tertiary/aromatic N) is 1.